The first-order chi connectivity index (χ1) is 18.8. The van der Waals surface area contributed by atoms with E-state index in [-0.39, 0.29) is 17.2 Å². The number of nitriles is 1. The number of ether oxygens (including phenoxy) is 2. The zero-order valence-electron chi connectivity index (χ0n) is 22.0. The lowest BCUT2D eigenvalue weighted by atomic mass is 9.85. The lowest BCUT2D eigenvalue weighted by molar-refractivity contribution is -0.114. The second-order valence-corrected chi connectivity index (χ2v) is 9.61. The van der Waals surface area contributed by atoms with Crippen molar-refractivity contribution < 1.29 is 23.5 Å². The molecule has 9 nitrogen and oxygen atoms in total. The number of thioether (sulfide) groups is 1. The van der Waals surface area contributed by atoms with Crippen LogP contribution in [-0.2, 0) is 9.59 Å². The topological polar surface area (TPSA) is 126 Å². The third kappa shape index (κ3) is 6.27. The predicted octanol–water partition coefficient (Wildman–Crippen LogP) is 5.31. The third-order valence-corrected chi connectivity index (χ3v) is 7.01. The minimum absolute atomic E-state index is 0.0324. The van der Waals surface area contributed by atoms with Crippen molar-refractivity contribution in [1.29, 1.82) is 5.26 Å². The maximum Gasteiger partial charge on any atom is 0.254 e. The summed E-state index contributed by atoms with van der Waals surface area (Å²) in [6, 6.07) is 19.9. The highest BCUT2D eigenvalue weighted by atomic mass is 32.2. The fourth-order valence-electron chi connectivity index (χ4n) is 4.19. The van der Waals surface area contributed by atoms with Gasteiger partial charge in [-0.25, -0.2) is 0 Å². The Morgan fingerprint density at radius 2 is 1.85 bits per heavy atom. The van der Waals surface area contributed by atoms with Gasteiger partial charge in [-0.05, 0) is 50.2 Å². The van der Waals surface area contributed by atoms with Gasteiger partial charge < -0.3 is 29.8 Å². The van der Waals surface area contributed by atoms with Crippen LogP contribution in [0.4, 0.5) is 11.4 Å². The van der Waals surface area contributed by atoms with Gasteiger partial charge in [0.2, 0.25) is 5.91 Å². The highest BCUT2D eigenvalue weighted by Gasteiger charge is 2.37. The number of hydrogen-bond donors (Lipinski definition) is 3. The van der Waals surface area contributed by atoms with Crippen molar-refractivity contribution in [1.82, 2.24) is 5.32 Å². The number of hydrogen-bond acceptors (Lipinski definition) is 8. The lowest BCUT2D eigenvalue weighted by Crippen LogP contribution is -2.31. The van der Waals surface area contributed by atoms with E-state index in [2.05, 4.69) is 22.0 Å². The van der Waals surface area contributed by atoms with Crippen molar-refractivity contribution in [2.24, 2.45) is 0 Å². The van der Waals surface area contributed by atoms with Gasteiger partial charge in [-0.1, -0.05) is 30.0 Å². The van der Waals surface area contributed by atoms with Crippen LogP contribution < -0.4 is 25.4 Å². The molecule has 10 heteroatoms. The second kappa shape index (κ2) is 12.3. The monoisotopic (exact) mass is 544 g/mol. The van der Waals surface area contributed by atoms with Crippen LogP contribution in [0.3, 0.4) is 0 Å². The van der Waals surface area contributed by atoms with Crippen LogP contribution in [-0.4, -0.2) is 31.8 Å². The van der Waals surface area contributed by atoms with Crippen LogP contribution in [0.25, 0.3) is 0 Å². The van der Waals surface area contributed by atoms with Crippen molar-refractivity contribution in [3.63, 3.8) is 0 Å². The zero-order valence-corrected chi connectivity index (χ0v) is 22.8. The number of nitrogens with one attached hydrogen (secondary N) is 3. The molecule has 3 aromatic rings. The Hall–Kier alpha value is -4.62. The molecule has 0 spiro atoms. The van der Waals surface area contributed by atoms with E-state index >= 15 is 0 Å². The molecule has 0 bridgehead atoms. The van der Waals surface area contributed by atoms with Gasteiger partial charge in [0, 0.05) is 17.5 Å². The van der Waals surface area contributed by atoms with Crippen molar-refractivity contribution in [2.45, 2.75) is 19.8 Å². The molecule has 2 amide bonds. The molecule has 1 atom stereocenters. The highest BCUT2D eigenvalue weighted by molar-refractivity contribution is 8.03. The third-order valence-electron chi connectivity index (χ3n) is 5.99. The molecule has 0 radical (unpaired) electrons. The van der Waals surface area contributed by atoms with Crippen LogP contribution in [0.5, 0.6) is 11.5 Å². The molecule has 1 aromatic heterocycles. The Kier molecular flexibility index (Phi) is 8.63. The molecule has 4 rings (SSSR count). The highest BCUT2D eigenvalue weighted by Crippen LogP contribution is 2.42. The fraction of sp³-hybridized carbons (Fsp3) is 0.207. The van der Waals surface area contributed by atoms with E-state index in [1.165, 1.54) is 18.9 Å². The molecule has 1 unspecified atom stereocenters. The standard InChI is InChI=1S/C29H28N4O5S/c1-17-12-13-24(38-17)27-21(15-30)29(39-16-25(34)32-19-8-7-9-20(14-19)36-3)31-18(2)26(27)28(35)33-22-10-5-6-11-23(22)37-4/h5-14,27,31H,16H2,1-4H3,(H,32,34)(H,33,35). The van der Waals surface area contributed by atoms with Crippen LogP contribution >= 0.6 is 11.8 Å². The Morgan fingerprint density at radius 3 is 2.54 bits per heavy atom. The first kappa shape index (κ1) is 27.4. The van der Waals surface area contributed by atoms with Crippen molar-refractivity contribution in [2.75, 3.05) is 30.6 Å². The molecular formula is C29H28N4O5S. The number of para-hydroxylation sites is 2. The molecule has 1 aliphatic heterocycles. The van der Waals surface area contributed by atoms with E-state index in [4.69, 9.17) is 13.9 Å². The first-order valence-electron chi connectivity index (χ1n) is 12.0. The summed E-state index contributed by atoms with van der Waals surface area (Å²) in [7, 11) is 3.08. The largest absolute Gasteiger partial charge is 0.497 e. The molecule has 0 aliphatic carbocycles. The van der Waals surface area contributed by atoms with Crippen LogP contribution in [0.2, 0.25) is 0 Å². The molecule has 2 aromatic carbocycles. The molecule has 0 saturated heterocycles. The summed E-state index contributed by atoms with van der Waals surface area (Å²) in [6.07, 6.45) is 0. The molecule has 0 saturated carbocycles. The predicted molar refractivity (Wildman–Crippen MR) is 150 cm³/mol. The average Bonchev–Trinajstić information content (AvgIpc) is 3.37. The Labute approximate surface area is 230 Å². The maximum atomic E-state index is 13.6. The van der Waals surface area contributed by atoms with Gasteiger partial charge in [-0.2, -0.15) is 5.26 Å². The number of rotatable bonds is 9. The van der Waals surface area contributed by atoms with Crippen molar-refractivity contribution in [3.05, 3.63) is 94.1 Å². The summed E-state index contributed by atoms with van der Waals surface area (Å²) in [5.41, 5.74) is 2.24. The number of carbonyl (C=O) groups excluding carboxylic acids is 2. The fourth-order valence-corrected chi connectivity index (χ4v) is 5.09. The Morgan fingerprint density at radius 1 is 1.05 bits per heavy atom. The summed E-state index contributed by atoms with van der Waals surface area (Å²) < 4.78 is 16.5. The van der Waals surface area contributed by atoms with E-state index in [0.717, 1.165) is 0 Å². The quantitative estimate of drug-likeness (QED) is 0.331. The first-order valence-corrected chi connectivity index (χ1v) is 13.0. The van der Waals surface area contributed by atoms with Gasteiger partial charge in [-0.3, -0.25) is 9.59 Å². The lowest BCUT2D eigenvalue weighted by Gasteiger charge is -2.28. The molecule has 3 N–H and O–H groups in total. The number of benzene rings is 2. The van der Waals surface area contributed by atoms with E-state index in [1.54, 1.807) is 81.6 Å². The Balaban J connectivity index is 1.61. The SMILES string of the molecule is COc1cccc(NC(=O)CSC2=C(C#N)C(c3ccc(C)o3)C(C(=O)Nc3ccccc3OC)=C(C)N2)c1. The molecule has 39 heavy (non-hydrogen) atoms. The van der Waals surface area contributed by atoms with Gasteiger partial charge in [0.1, 0.15) is 23.0 Å². The van der Waals surface area contributed by atoms with Gasteiger partial charge in [0.25, 0.3) is 5.91 Å². The zero-order chi connectivity index (χ0) is 27.9. The van der Waals surface area contributed by atoms with Crippen LogP contribution in [0, 0.1) is 18.3 Å². The minimum Gasteiger partial charge on any atom is -0.497 e. The molecule has 2 heterocycles. The smallest absolute Gasteiger partial charge is 0.254 e. The number of nitrogens with zero attached hydrogens (tertiary/aromatic N) is 1. The van der Waals surface area contributed by atoms with Crippen LogP contribution in [0.1, 0.15) is 24.4 Å². The van der Waals surface area contributed by atoms with E-state index in [9.17, 15) is 14.9 Å². The minimum atomic E-state index is -0.774. The number of furan rings is 1. The van der Waals surface area contributed by atoms with Gasteiger partial charge in [0.15, 0.2) is 0 Å². The van der Waals surface area contributed by atoms with Crippen molar-refractivity contribution in [3.8, 4) is 17.6 Å². The average molecular weight is 545 g/mol. The van der Waals surface area contributed by atoms with E-state index < -0.39 is 11.8 Å². The number of dihydropyridines is 1. The number of allylic oxidation sites excluding steroid dienone is 2. The van der Waals surface area contributed by atoms with Crippen LogP contribution in [0.15, 0.2) is 87.0 Å². The second-order valence-electron chi connectivity index (χ2n) is 8.62. The number of methoxy groups -OCH3 is 2. The van der Waals surface area contributed by atoms with Gasteiger partial charge >= 0.3 is 0 Å². The number of amides is 2. The van der Waals surface area contributed by atoms with E-state index in [1.807, 2.05) is 0 Å². The number of anilines is 2. The number of carbonyl (C=O) groups is 2. The molecule has 0 fully saturated rings. The molecular weight excluding hydrogens is 516 g/mol. The summed E-state index contributed by atoms with van der Waals surface area (Å²) in [4.78, 5) is 26.3. The Bertz CT molecular complexity index is 1500. The van der Waals surface area contributed by atoms with Gasteiger partial charge in [-0.15, -0.1) is 0 Å². The van der Waals surface area contributed by atoms with Gasteiger partial charge in [0.05, 0.1) is 53.8 Å². The molecule has 1 aliphatic rings. The van der Waals surface area contributed by atoms with Crippen molar-refractivity contribution >= 4 is 35.0 Å². The van der Waals surface area contributed by atoms with E-state index in [0.29, 0.717) is 50.7 Å². The summed E-state index contributed by atoms with van der Waals surface area (Å²) in [5.74, 6) is 0.827. The summed E-state index contributed by atoms with van der Waals surface area (Å²) >= 11 is 1.18. The summed E-state index contributed by atoms with van der Waals surface area (Å²) in [5, 5.41) is 19.6. The summed E-state index contributed by atoms with van der Waals surface area (Å²) in [6.45, 7) is 3.55. The molecule has 200 valence electrons. The normalized spacial score (nSPS) is 14.8. The number of aryl methyl sites for hydroxylation is 1. The maximum absolute atomic E-state index is 13.6.